The van der Waals surface area contributed by atoms with Crippen molar-refractivity contribution >= 4 is 21.8 Å². The minimum absolute atomic E-state index is 0.507. The van der Waals surface area contributed by atoms with Crippen LogP contribution in [0.2, 0.25) is 0 Å². The average molecular weight is 652 g/mol. The molecule has 0 amide bonds. The maximum absolute atomic E-state index is 10.3. The molecular weight excluding hydrogens is 623 g/mol. The van der Waals surface area contributed by atoms with Crippen LogP contribution in [-0.4, -0.2) is 19.5 Å². The van der Waals surface area contributed by atoms with Crippen molar-refractivity contribution in [3.05, 3.63) is 181 Å². The van der Waals surface area contributed by atoms with Gasteiger partial charge in [-0.15, -0.1) is 0 Å². The first-order chi connectivity index (χ1) is 25.2. The maximum Gasteiger partial charge on any atom is 0.164 e. The van der Waals surface area contributed by atoms with Gasteiger partial charge in [-0.05, 0) is 52.6 Å². The highest BCUT2D eigenvalue weighted by molar-refractivity contribution is 6.15. The summed E-state index contributed by atoms with van der Waals surface area (Å²) in [7, 11) is 0. The van der Waals surface area contributed by atoms with Gasteiger partial charge in [0.2, 0.25) is 0 Å². The highest BCUT2D eigenvalue weighted by atomic mass is 15.0. The van der Waals surface area contributed by atoms with Gasteiger partial charge < -0.3 is 4.57 Å². The third-order valence-electron chi connectivity index (χ3n) is 9.29. The minimum atomic E-state index is 0.507. The Morgan fingerprint density at radius 1 is 0.412 bits per heavy atom. The first-order valence-electron chi connectivity index (χ1n) is 16.8. The van der Waals surface area contributed by atoms with E-state index in [2.05, 4.69) is 108 Å². The van der Waals surface area contributed by atoms with Crippen LogP contribution in [0.25, 0.3) is 83.9 Å². The van der Waals surface area contributed by atoms with Gasteiger partial charge in [-0.2, -0.15) is 5.26 Å². The lowest BCUT2D eigenvalue weighted by molar-refractivity contribution is 1.08. The zero-order valence-electron chi connectivity index (χ0n) is 27.5. The summed E-state index contributed by atoms with van der Waals surface area (Å²) in [5.74, 6) is 1.63. The van der Waals surface area contributed by atoms with E-state index in [9.17, 15) is 5.26 Å². The van der Waals surface area contributed by atoms with Crippen LogP contribution in [0.15, 0.2) is 176 Å². The lowest BCUT2D eigenvalue weighted by atomic mass is 10.0. The van der Waals surface area contributed by atoms with Crippen molar-refractivity contribution in [3.8, 4) is 68.2 Å². The van der Waals surface area contributed by atoms with Gasteiger partial charge in [-0.25, -0.2) is 15.0 Å². The predicted octanol–water partition coefficient (Wildman–Crippen LogP) is 11.2. The summed E-state index contributed by atoms with van der Waals surface area (Å²) >= 11 is 0. The lowest BCUT2D eigenvalue weighted by Crippen LogP contribution is -2.01. The summed E-state index contributed by atoms with van der Waals surface area (Å²) in [4.78, 5) is 15.3. The van der Waals surface area contributed by atoms with Gasteiger partial charge in [0.25, 0.3) is 0 Å². The van der Waals surface area contributed by atoms with Gasteiger partial charge in [-0.1, -0.05) is 146 Å². The largest absolute Gasteiger partial charge is 0.309 e. The zero-order chi connectivity index (χ0) is 34.1. The molecule has 0 aliphatic rings. The second kappa shape index (κ2) is 12.7. The SMILES string of the molecule is N#Cc1cc(-c2nc(-c3ccc(-c4ccccc4)cc3)nc(-c3ccc(-c4ccccc4)cc3)n2)c2c3ccccc3n(-c3ccccc3)c2c1. The summed E-state index contributed by atoms with van der Waals surface area (Å²) in [5, 5.41) is 12.3. The van der Waals surface area contributed by atoms with Gasteiger partial charge in [0.05, 0.1) is 22.7 Å². The fourth-order valence-electron chi connectivity index (χ4n) is 6.83. The van der Waals surface area contributed by atoms with E-state index in [0.29, 0.717) is 23.0 Å². The van der Waals surface area contributed by atoms with Crippen LogP contribution < -0.4 is 0 Å². The van der Waals surface area contributed by atoms with Crippen molar-refractivity contribution in [1.29, 1.82) is 5.26 Å². The van der Waals surface area contributed by atoms with E-state index in [4.69, 9.17) is 15.0 Å². The number of rotatable bonds is 6. The Kier molecular flexibility index (Phi) is 7.46. The average Bonchev–Trinajstić information content (AvgIpc) is 3.55. The van der Waals surface area contributed by atoms with Crippen LogP contribution in [0.1, 0.15) is 5.56 Å². The molecule has 0 unspecified atom stereocenters. The predicted molar refractivity (Wildman–Crippen MR) is 206 cm³/mol. The highest BCUT2D eigenvalue weighted by Crippen LogP contribution is 2.39. The number of hydrogen-bond donors (Lipinski definition) is 0. The Labute approximate surface area is 295 Å². The number of fused-ring (bicyclic) bond motifs is 3. The van der Waals surface area contributed by atoms with Crippen LogP contribution in [0, 0.1) is 11.3 Å². The monoisotopic (exact) mass is 651 g/mol. The van der Waals surface area contributed by atoms with Crippen molar-refractivity contribution in [1.82, 2.24) is 19.5 Å². The highest BCUT2D eigenvalue weighted by Gasteiger charge is 2.21. The minimum Gasteiger partial charge on any atom is -0.309 e. The Hall–Kier alpha value is -7.16. The number of nitrogens with zero attached hydrogens (tertiary/aromatic N) is 5. The van der Waals surface area contributed by atoms with Gasteiger partial charge in [0.1, 0.15) is 0 Å². The molecule has 0 N–H and O–H groups in total. The molecule has 5 nitrogen and oxygen atoms in total. The molecule has 9 rings (SSSR count). The molecule has 0 aliphatic heterocycles. The number of hydrogen-bond acceptors (Lipinski definition) is 4. The third-order valence-corrected chi connectivity index (χ3v) is 9.29. The maximum atomic E-state index is 10.3. The van der Waals surface area contributed by atoms with Crippen molar-refractivity contribution in [2.75, 3.05) is 0 Å². The van der Waals surface area contributed by atoms with E-state index < -0.39 is 0 Å². The standard InChI is InChI=1S/C46H29N5/c47-30-31-28-40(43-39-18-10-11-19-41(39)51(42(43)29-31)38-16-8-3-9-17-38)46-49-44(36-24-20-34(21-25-36)32-12-4-1-5-13-32)48-45(50-46)37-26-22-35(23-27-37)33-14-6-2-7-15-33/h1-29H. The van der Waals surface area contributed by atoms with E-state index in [1.165, 1.54) is 0 Å². The Morgan fingerprint density at radius 2 is 0.863 bits per heavy atom. The lowest BCUT2D eigenvalue weighted by Gasteiger charge is -2.12. The summed E-state index contributed by atoms with van der Waals surface area (Å²) < 4.78 is 2.21. The molecule has 0 saturated carbocycles. The molecule has 51 heavy (non-hydrogen) atoms. The second-order valence-corrected chi connectivity index (χ2v) is 12.4. The molecule has 238 valence electrons. The fourth-order valence-corrected chi connectivity index (χ4v) is 6.83. The van der Waals surface area contributed by atoms with Gasteiger partial charge in [-0.3, -0.25) is 0 Å². The number of aromatic nitrogens is 4. The summed E-state index contributed by atoms with van der Waals surface area (Å²) in [6.45, 7) is 0. The molecule has 0 bridgehead atoms. The van der Waals surface area contributed by atoms with Crippen LogP contribution in [0.5, 0.6) is 0 Å². The fraction of sp³-hybridized carbons (Fsp3) is 0. The Morgan fingerprint density at radius 3 is 1.41 bits per heavy atom. The quantitative estimate of drug-likeness (QED) is 0.179. The van der Waals surface area contributed by atoms with E-state index in [1.807, 2.05) is 78.9 Å². The second-order valence-electron chi connectivity index (χ2n) is 12.4. The molecule has 7 aromatic carbocycles. The Balaban J connectivity index is 1.27. The molecule has 0 atom stereocenters. The molecule has 5 heteroatoms. The first-order valence-corrected chi connectivity index (χ1v) is 16.8. The molecular formula is C46H29N5. The van der Waals surface area contributed by atoms with Crippen molar-refractivity contribution in [2.45, 2.75) is 0 Å². The zero-order valence-corrected chi connectivity index (χ0v) is 27.5. The van der Waals surface area contributed by atoms with E-state index in [-0.39, 0.29) is 0 Å². The number of nitriles is 1. The number of para-hydroxylation sites is 2. The van der Waals surface area contributed by atoms with Gasteiger partial charge in [0, 0.05) is 33.2 Å². The van der Waals surface area contributed by atoms with E-state index in [1.54, 1.807) is 0 Å². The molecule has 9 aromatic rings. The molecule has 2 heterocycles. The smallest absolute Gasteiger partial charge is 0.164 e. The normalized spacial score (nSPS) is 11.1. The van der Waals surface area contributed by atoms with E-state index >= 15 is 0 Å². The molecule has 0 aliphatic carbocycles. The summed E-state index contributed by atoms with van der Waals surface area (Å²) in [6, 6.07) is 62.1. The van der Waals surface area contributed by atoms with Crippen LogP contribution >= 0.6 is 0 Å². The molecule has 2 aromatic heterocycles. The molecule has 0 spiro atoms. The van der Waals surface area contributed by atoms with Gasteiger partial charge in [0.15, 0.2) is 17.5 Å². The summed E-state index contributed by atoms with van der Waals surface area (Å²) in [5.41, 5.74) is 10.5. The van der Waals surface area contributed by atoms with Crippen molar-refractivity contribution in [2.24, 2.45) is 0 Å². The van der Waals surface area contributed by atoms with Gasteiger partial charge >= 0.3 is 0 Å². The summed E-state index contributed by atoms with van der Waals surface area (Å²) in [6.07, 6.45) is 0. The van der Waals surface area contributed by atoms with Crippen molar-refractivity contribution in [3.63, 3.8) is 0 Å². The Bertz CT molecular complexity index is 2610. The molecule has 0 fully saturated rings. The van der Waals surface area contributed by atoms with Crippen LogP contribution in [0.4, 0.5) is 0 Å². The van der Waals surface area contributed by atoms with E-state index in [0.717, 1.165) is 66.4 Å². The molecule has 0 saturated heterocycles. The third kappa shape index (κ3) is 5.51. The molecule has 0 radical (unpaired) electrons. The topological polar surface area (TPSA) is 67.4 Å². The van der Waals surface area contributed by atoms with Crippen molar-refractivity contribution < 1.29 is 0 Å². The first kappa shape index (κ1) is 29.9. The number of benzene rings is 7. The van der Waals surface area contributed by atoms with Crippen LogP contribution in [0.3, 0.4) is 0 Å². The van der Waals surface area contributed by atoms with Crippen LogP contribution in [-0.2, 0) is 0 Å².